The molecule has 0 bridgehead atoms. The van der Waals surface area contributed by atoms with E-state index in [4.69, 9.17) is 5.73 Å². The van der Waals surface area contributed by atoms with Crippen molar-refractivity contribution in [1.29, 1.82) is 0 Å². The summed E-state index contributed by atoms with van der Waals surface area (Å²) in [6, 6.07) is 7.45. The molecule has 16 heavy (non-hydrogen) atoms. The number of phenols is 1. The van der Waals surface area contributed by atoms with Crippen LogP contribution >= 0.6 is 0 Å². The molecule has 1 atom stereocenters. The van der Waals surface area contributed by atoms with Gasteiger partial charge in [-0.25, -0.2) is 0 Å². The number of rotatable bonds is 2. The van der Waals surface area contributed by atoms with Crippen molar-refractivity contribution in [2.75, 3.05) is 0 Å². The van der Waals surface area contributed by atoms with E-state index in [0.29, 0.717) is 5.75 Å². The van der Waals surface area contributed by atoms with E-state index >= 15 is 0 Å². The first-order chi connectivity index (χ1) is 7.43. The lowest BCUT2D eigenvalue weighted by molar-refractivity contribution is 0.207. The van der Waals surface area contributed by atoms with Crippen LogP contribution in [0, 0.1) is 5.41 Å². The highest BCUT2D eigenvalue weighted by molar-refractivity contribution is 5.29. The zero-order valence-electron chi connectivity index (χ0n) is 10.2. The average Bonchev–Trinajstić information content (AvgIpc) is 2.41. The predicted molar refractivity (Wildman–Crippen MR) is 66.4 cm³/mol. The Morgan fingerprint density at radius 2 is 2.06 bits per heavy atom. The van der Waals surface area contributed by atoms with Crippen molar-refractivity contribution in [1.82, 2.24) is 0 Å². The van der Waals surface area contributed by atoms with E-state index < -0.39 is 0 Å². The molecule has 2 heteroatoms. The van der Waals surface area contributed by atoms with Gasteiger partial charge in [-0.05, 0) is 42.4 Å². The lowest BCUT2D eigenvalue weighted by Crippen LogP contribution is -2.50. The quantitative estimate of drug-likeness (QED) is 0.803. The lowest BCUT2D eigenvalue weighted by Gasteiger charge is -2.38. The number of nitrogens with two attached hydrogens (primary N) is 1. The van der Waals surface area contributed by atoms with Crippen LogP contribution in [-0.2, 0) is 6.42 Å². The van der Waals surface area contributed by atoms with E-state index in [9.17, 15) is 5.11 Å². The van der Waals surface area contributed by atoms with Crippen LogP contribution in [0.4, 0.5) is 0 Å². The van der Waals surface area contributed by atoms with Crippen LogP contribution in [0.15, 0.2) is 24.3 Å². The summed E-state index contributed by atoms with van der Waals surface area (Å²) >= 11 is 0. The van der Waals surface area contributed by atoms with Crippen LogP contribution in [0.5, 0.6) is 5.75 Å². The maximum Gasteiger partial charge on any atom is 0.115 e. The Morgan fingerprint density at radius 1 is 1.31 bits per heavy atom. The van der Waals surface area contributed by atoms with Gasteiger partial charge in [0.25, 0.3) is 0 Å². The zero-order chi connectivity index (χ0) is 11.8. The largest absolute Gasteiger partial charge is 0.508 e. The molecular weight excluding hydrogens is 198 g/mol. The highest BCUT2D eigenvalue weighted by Gasteiger charge is 2.45. The summed E-state index contributed by atoms with van der Waals surface area (Å²) in [6.45, 7) is 4.51. The molecule has 0 aliphatic heterocycles. The van der Waals surface area contributed by atoms with Gasteiger partial charge in [0.05, 0.1) is 0 Å². The molecule has 0 amide bonds. The molecule has 0 saturated heterocycles. The second kappa shape index (κ2) is 3.77. The third-order valence-corrected chi connectivity index (χ3v) is 4.20. The first-order valence-corrected chi connectivity index (χ1v) is 6.00. The van der Waals surface area contributed by atoms with E-state index in [1.165, 1.54) is 12.8 Å². The fourth-order valence-corrected chi connectivity index (χ4v) is 2.79. The van der Waals surface area contributed by atoms with Gasteiger partial charge in [-0.2, -0.15) is 0 Å². The van der Waals surface area contributed by atoms with Crippen LogP contribution in [0.2, 0.25) is 0 Å². The van der Waals surface area contributed by atoms with Crippen molar-refractivity contribution < 1.29 is 5.11 Å². The monoisotopic (exact) mass is 219 g/mol. The van der Waals surface area contributed by atoms with Gasteiger partial charge in [0.1, 0.15) is 5.75 Å². The van der Waals surface area contributed by atoms with Crippen LogP contribution in [0.1, 0.15) is 38.7 Å². The molecule has 88 valence electrons. The van der Waals surface area contributed by atoms with Crippen LogP contribution in [0.25, 0.3) is 0 Å². The second-order valence-corrected chi connectivity index (χ2v) is 5.74. The Morgan fingerprint density at radius 3 is 2.62 bits per heavy atom. The first kappa shape index (κ1) is 11.5. The highest BCUT2D eigenvalue weighted by atomic mass is 16.3. The smallest absolute Gasteiger partial charge is 0.115 e. The van der Waals surface area contributed by atoms with Crippen LogP contribution in [0.3, 0.4) is 0 Å². The normalized spacial score (nSPS) is 28.2. The average molecular weight is 219 g/mol. The summed E-state index contributed by atoms with van der Waals surface area (Å²) in [5.41, 5.74) is 7.74. The Kier molecular flexibility index (Phi) is 2.70. The Bertz CT molecular complexity index is 386. The van der Waals surface area contributed by atoms with Gasteiger partial charge in [0.2, 0.25) is 0 Å². The van der Waals surface area contributed by atoms with Gasteiger partial charge in [-0.1, -0.05) is 32.4 Å². The summed E-state index contributed by atoms with van der Waals surface area (Å²) in [5, 5.41) is 9.46. The van der Waals surface area contributed by atoms with Crippen molar-refractivity contribution in [3.63, 3.8) is 0 Å². The molecule has 2 nitrogen and oxygen atoms in total. The molecule has 0 spiro atoms. The minimum absolute atomic E-state index is 0.124. The molecule has 0 radical (unpaired) electrons. The maximum absolute atomic E-state index is 9.46. The third kappa shape index (κ3) is 1.94. The molecule has 1 saturated carbocycles. The number of aromatic hydroxyl groups is 1. The molecule has 2 rings (SSSR count). The Balaban J connectivity index is 2.21. The summed E-state index contributed by atoms with van der Waals surface area (Å²) in [6.07, 6.45) is 4.34. The van der Waals surface area contributed by atoms with Gasteiger partial charge in [0.15, 0.2) is 0 Å². The number of hydrogen-bond donors (Lipinski definition) is 2. The van der Waals surface area contributed by atoms with E-state index in [-0.39, 0.29) is 11.0 Å². The standard InChI is InChI=1S/C14H21NO/c1-13(2)7-4-8-14(13,15)10-11-5-3-6-12(16)9-11/h3,5-6,9,16H,4,7-8,10,15H2,1-2H3. The first-order valence-electron chi connectivity index (χ1n) is 6.00. The SMILES string of the molecule is CC1(C)CCCC1(N)Cc1cccc(O)c1. The summed E-state index contributed by atoms with van der Waals surface area (Å²) < 4.78 is 0. The molecule has 1 aromatic carbocycles. The van der Waals surface area contributed by atoms with Gasteiger partial charge in [-0.3, -0.25) is 0 Å². The van der Waals surface area contributed by atoms with E-state index in [1.807, 2.05) is 18.2 Å². The van der Waals surface area contributed by atoms with Crippen molar-refractivity contribution >= 4 is 0 Å². The van der Waals surface area contributed by atoms with Gasteiger partial charge in [-0.15, -0.1) is 0 Å². The van der Waals surface area contributed by atoms with Gasteiger partial charge < -0.3 is 10.8 Å². The molecule has 1 unspecified atom stereocenters. The van der Waals surface area contributed by atoms with E-state index in [0.717, 1.165) is 18.4 Å². The van der Waals surface area contributed by atoms with E-state index in [1.54, 1.807) is 6.07 Å². The van der Waals surface area contributed by atoms with Crippen molar-refractivity contribution in [2.24, 2.45) is 11.1 Å². The van der Waals surface area contributed by atoms with Crippen LogP contribution in [-0.4, -0.2) is 10.6 Å². The second-order valence-electron chi connectivity index (χ2n) is 5.74. The fourth-order valence-electron chi connectivity index (χ4n) is 2.79. The van der Waals surface area contributed by atoms with Gasteiger partial charge in [0, 0.05) is 5.54 Å². The minimum Gasteiger partial charge on any atom is -0.508 e. The molecule has 1 aliphatic carbocycles. The Hall–Kier alpha value is -1.02. The highest BCUT2D eigenvalue weighted by Crippen LogP contribution is 2.46. The zero-order valence-corrected chi connectivity index (χ0v) is 10.2. The number of benzene rings is 1. The maximum atomic E-state index is 9.46. The van der Waals surface area contributed by atoms with Gasteiger partial charge >= 0.3 is 0 Å². The van der Waals surface area contributed by atoms with Crippen molar-refractivity contribution in [3.05, 3.63) is 29.8 Å². The third-order valence-electron chi connectivity index (χ3n) is 4.20. The van der Waals surface area contributed by atoms with Crippen molar-refractivity contribution in [2.45, 2.75) is 45.1 Å². The van der Waals surface area contributed by atoms with E-state index in [2.05, 4.69) is 13.8 Å². The summed E-state index contributed by atoms with van der Waals surface area (Å²) in [7, 11) is 0. The lowest BCUT2D eigenvalue weighted by atomic mass is 9.72. The van der Waals surface area contributed by atoms with Crippen molar-refractivity contribution in [3.8, 4) is 5.75 Å². The molecule has 1 fully saturated rings. The molecule has 1 aromatic rings. The predicted octanol–water partition coefficient (Wildman–Crippen LogP) is 2.84. The number of hydrogen-bond acceptors (Lipinski definition) is 2. The Labute approximate surface area is 97.5 Å². The minimum atomic E-state index is -0.124. The molecule has 1 aliphatic rings. The summed E-state index contributed by atoms with van der Waals surface area (Å²) in [4.78, 5) is 0. The molecule has 3 N–H and O–H groups in total. The van der Waals surface area contributed by atoms with Crippen LogP contribution < -0.4 is 5.73 Å². The molecule has 0 heterocycles. The number of phenolic OH excluding ortho intramolecular Hbond substituents is 1. The topological polar surface area (TPSA) is 46.2 Å². The fraction of sp³-hybridized carbons (Fsp3) is 0.571. The summed E-state index contributed by atoms with van der Waals surface area (Å²) in [5.74, 6) is 0.330. The molecule has 0 aromatic heterocycles. The molecular formula is C14H21NO.